The molecule has 0 aromatic rings. The molecule has 108 valence electrons. The first-order valence-electron chi connectivity index (χ1n) is 6.58. The molecule has 7 heteroatoms. The predicted molar refractivity (Wildman–Crippen MR) is 74.4 cm³/mol. The molecule has 7 nitrogen and oxygen atoms in total. The fraction of sp³-hybridized carbons (Fsp3) is 0.667. The summed E-state index contributed by atoms with van der Waals surface area (Å²) in [5.41, 5.74) is 6.14. The van der Waals surface area contributed by atoms with Crippen LogP contribution in [0, 0.1) is 0 Å². The molecule has 1 rings (SSSR count). The van der Waals surface area contributed by atoms with Crippen molar-refractivity contribution in [2.45, 2.75) is 38.8 Å². The molecule has 0 saturated heterocycles. The number of unbranched alkanes of at least 4 members (excludes halogenated alkanes) is 3. The minimum absolute atomic E-state index is 0.258. The number of carbonyl (C=O) groups excluding carboxylic acids is 1. The van der Waals surface area contributed by atoms with Gasteiger partial charge in [-0.05, 0) is 32.4 Å². The monoisotopic (exact) mass is 269 g/mol. The molecular weight excluding hydrogens is 246 g/mol. The maximum Gasteiger partial charge on any atom is 0.321 e. The van der Waals surface area contributed by atoms with Crippen LogP contribution in [0.1, 0.15) is 32.6 Å². The van der Waals surface area contributed by atoms with Gasteiger partial charge in [0, 0.05) is 12.2 Å². The van der Waals surface area contributed by atoms with Crippen LogP contribution in [0.4, 0.5) is 4.79 Å². The number of urea groups is 1. The summed E-state index contributed by atoms with van der Waals surface area (Å²) in [6.07, 6.45) is 4.74. The first-order chi connectivity index (χ1) is 9.11. The number of carbonyl (C=O) groups is 1. The zero-order valence-corrected chi connectivity index (χ0v) is 11.3. The Kier molecular flexibility index (Phi) is 6.91. The number of nitrogens with two attached hydrogens (primary N) is 1. The van der Waals surface area contributed by atoms with Crippen LogP contribution in [-0.2, 0) is 0 Å². The summed E-state index contributed by atoms with van der Waals surface area (Å²) in [5, 5.41) is 17.5. The van der Waals surface area contributed by atoms with Crippen molar-refractivity contribution in [2.75, 3.05) is 13.1 Å². The Bertz CT molecular complexity index is 354. The molecule has 0 aromatic heterocycles. The normalized spacial score (nSPS) is 18.2. The quantitative estimate of drug-likeness (QED) is 0.436. The zero-order chi connectivity index (χ0) is 14.1. The third kappa shape index (κ3) is 6.78. The Balaban J connectivity index is 2.14. The van der Waals surface area contributed by atoms with E-state index in [0.717, 1.165) is 31.4 Å². The number of aliphatic hydroxyl groups excluding tert-OH is 1. The van der Waals surface area contributed by atoms with E-state index in [9.17, 15) is 9.90 Å². The van der Waals surface area contributed by atoms with Crippen LogP contribution in [0.5, 0.6) is 0 Å². The largest absolute Gasteiger partial charge is 0.368 e. The van der Waals surface area contributed by atoms with Gasteiger partial charge in [0.05, 0.1) is 0 Å². The number of aliphatic hydroxyl groups is 1. The molecule has 0 aliphatic carbocycles. The lowest BCUT2D eigenvalue weighted by molar-refractivity contribution is 0.228. The number of hydrogen-bond donors (Lipinski definition) is 5. The van der Waals surface area contributed by atoms with Crippen molar-refractivity contribution in [3.05, 3.63) is 11.8 Å². The van der Waals surface area contributed by atoms with Crippen molar-refractivity contribution in [2.24, 2.45) is 10.7 Å². The van der Waals surface area contributed by atoms with E-state index in [2.05, 4.69) is 20.9 Å². The average molecular weight is 269 g/mol. The van der Waals surface area contributed by atoms with Crippen LogP contribution in [0.2, 0.25) is 0 Å². The van der Waals surface area contributed by atoms with Crippen molar-refractivity contribution < 1.29 is 9.90 Å². The van der Waals surface area contributed by atoms with Gasteiger partial charge < -0.3 is 21.5 Å². The second-order valence-electron chi connectivity index (χ2n) is 4.45. The van der Waals surface area contributed by atoms with E-state index >= 15 is 0 Å². The molecule has 19 heavy (non-hydrogen) atoms. The topological polar surface area (TPSA) is 112 Å². The molecule has 1 aliphatic rings. The van der Waals surface area contributed by atoms with Gasteiger partial charge >= 0.3 is 6.03 Å². The molecule has 1 atom stereocenters. The summed E-state index contributed by atoms with van der Waals surface area (Å²) in [6.45, 7) is 3.12. The molecule has 0 saturated carbocycles. The Labute approximate surface area is 113 Å². The highest BCUT2D eigenvalue weighted by atomic mass is 16.3. The van der Waals surface area contributed by atoms with Crippen LogP contribution < -0.4 is 21.7 Å². The number of hydrogen-bond acceptors (Lipinski definition) is 5. The third-order valence-corrected chi connectivity index (χ3v) is 2.62. The van der Waals surface area contributed by atoms with Crippen LogP contribution in [0.25, 0.3) is 0 Å². The van der Waals surface area contributed by atoms with Crippen LogP contribution in [-0.4, -0.2) is 36.4 Å². The number of nitrogens with one attached hydrogen (secondary N) is 3. The van der Waals surface area contributed by atoms with Crippen LogP contribution in [0.3, 0.4) is 0 Å². The highest BCUT2D eigenvalue weighted by molar-refractivity contribution is 5.97. The van der Waals surface area contributed by atoms with E-state index in [1.165, 1.54) is 0 Å². The maximum atomic E-state index is 11.5. The Hall–Kier alpha value is -1.60. The second-order valence-corrected chi connectivity index (χ2v) is 4.45. The summed E-state index contributed by atoms with van der Waals surface area (Å²) in [6, 6.07) is -0.327. The molecule has 2 amide bonds. The summed E-state index contributed by atoms with van der Waals surface area (Å²) in [4.78, 5) is 15.4. The van der Waals surface area contributed by atoms with Gasteiger partial charge in [-0.25, -0.2) is 9.79 Å². The van der Waals surface area contributed by atoms with Crippen molar-refractivity contribution in [3.8, 4) is 0 Å². The van der Waals surface area contributed by atoms with Gasteiger partial charge in [0.15, 0.2) is 6.23 Å². The van der Waals surface area contributed by atoms with Gasteiger partial charge in [-0.3, -0.25) is 5.32 Å². The first kappa shape index (κ1) is 15.5. The molecule has 1 aliphatic heterocycles. The zero-order valence-electron chi connectivity index (χ0n) is 11.3. The molecule has 0 bridgehead atoms. The first-order valence-corrected chi connectivity index (χ1v) is 6.58. The SMILES string of the molecule is CC1=CC(O)N=C(NC(=O)NCCCCCCN)N1. The van der Waals surface area contributed by atoms with E-state index < -0.39 is 6.23 Å². The number of rotatable bonds is 6. The molecule has 6 N–H and O–H groups in total. The molecule has 1 unspecified atom stereocenters. The van der Waals surface area contributed by atoms with Gasteiger partial charge in [0.1, 0.15) is 0 Å². The standard InChI is InChI=1S/C12H23N5O2/c1-9-8-10(18)16-11(15-9)17-12(19)14-7-5-3-2-4-6-13/h8,10,18H,2-7,13H2,1H3,(H3,14,15,16,17,19). The molecule has 0 radical (unpaired) electrons. The number of nitrogens with zero attached hydrogens (tertiary/aromatic N) is 1. The predicted octanol–water partition coefficient (Wildman–Crippen LogP) is -0.0139. The lowest BCUT2D eigenvalue weighted by Gasteiger charge is -2.17. The van der Waals surface area contributed by atoms with Crippen molar-refractivity contribution in [1.82, 2.24) is 16.0 Å². The Morgan fingerprint density at radius 2 is 2.21 bits per heavy atom. The summed E-state index contributed by atoms with van der Waals surface area (Å²) in [7, 11) is 0. The summed E-state index contributed by atoms with van der Waals surface area (Å²) < 4.78 is 0. The highest BCUT2D eigenvalue weighted by Crippen LogP contribution is 2.00. The second kappa shape index (κ2) is 8.49. The van der Waals surface area contributed by atoms with E-state index in [1.807, 2.05) is 0 Å². The lowest BCUT2D eigenvalue weighted by atomic mass is 10.2. The van der Waals surface area contributed by atoms with Gasteiger partial charge in [-0.2, -0.15) is 0 Å². The number of allylic oxidation sites excluding steroid dienone is 1. The van der Waals surface area contributed by atoms with Crippen molar-refractivity contribution in [3.63, 3.8) is 0 Å². The van der Waals surface area contributed by atoms with E-state index in [-0.39, 0.29) is 12.0 Å². The van der Waals surface area contributed by atoms with E-state index in [0.29, 0.717) is 13.1 Å². The van der Waals surface area contributed by atoms with Crippen molar-refractivity contribution >= 4 is 12.0 Å². The molecule has 1 heterocycles. The van der Waals surface area contributed by atoms with Gasteiger partial charge in [-0.15, -0.1) is 0 Å². The lowest BCUT2D eigenvalue weighted by Crippen LogP contribution is -2.47. The van der Waals surface area contributed by atoms with E-state index in [1.54, 1.807) is 13.0 Å². The van der Waals surface area contributed by atoms with Crippen molar-refractivity contribution in [1.29, 1.82) is 0 Å². The van der Waals surface area contributed by atoms with E-state index in [4.69, 9.17) is 5.73 Å². The number of guanidine groups is 1. The number of amides is 2. The smallest absolute Gasteiger partial charge is 0.321 e. The van der Waals surface area contributed by atoms with Gasteiger partial charge in [0.25, 0.3) is 0 Å². The molecule has 0 spiro atoms. The Morgan fingerprint density at radius 1 is 1.47 bits per heavy atom. The molecule has 0 fully saturated rings. The number of aliphatic imine (C=N–C) groups is 1. The fourth-order valence-corrected chi connectivity index (χ4v) is 1.69. The van der Waals surface area contributed by atoms with Crippen LogP contribution >= 0.6 is 0 Å². The maximum absolute atomic E-state index is 11.5. The molecular formula is C12H23N5O2. The van der Waals surface area contributed by atoms with Gasteiger partial charge in [-0.1, -0.05) is 12.8 Å². The third-order valence-electron chi connectivity index (χ3n) is 2.62. The minimum Gasteiger partial charge on any atom is -0.368 e. The highest BCUT2D eigenvalue weighted by Gasteiger charge is 2.12. The fourth-order valence-electron chi connectivity index (χ4n) is 1.69. The van der Waals surface area contributed by atoms with Crippen LogP contribution in [0.15, 0.2) is 16.8 Å². The summed E-state index contributed by atoms with van der Waals surface area (Å²) in [5.74, 6) is 0.258. The van der Waals surface area contributed by atoms with Gasteiger partial charge in [0.2, 0.25) is 5.96 Å². The summed E-state index contributed by atoms with van der Waals surface area (Å²) >= 11 is 0. The Morgan fingerprint density at radius 3 is 2.89 bits per heavy atom. The average Bonchev–Trinajstić information content (AvgIpc) is 2.32. The minimum atomic E-state index is -0.909. The molecule has 0 aromatic carbocycles.